The predicted molar refractivity (Wildman–Crippen MR) is 105 cm³/mol. The van der Waals surface area contributed by atoms with E-state index in [9.17, 15) is 14.2 Å². The maximum absolute atomic E-state index is 14.6. The monoisotopic (exact) mass is 402 g/mol. The van der Waals surface area contributed by atoms with Crippen LogP contribution in [0.25, 0.3) is 0 Å². The number of hydrogen-bond donors (Lipinski definition) is 0. The summed E-state index contributed by atoms with van der Waals surface area (Å²) in [5.74, 6) is -1.04. The average molecular weight is 402 g/mol. The van der Waals surface area contributed by atoms with Gasteiger partial charge in [-0.1, -0.05) is 60.7 Å². The number of benzene rings is 2. The van der Waals surface area contributed by atoms with Crippen molar-refractivity contribution in [1.29, 1.82) is 0 Å². The van der Waals surface area contributed by atoms with Gasteiger partial charge in [0.05, 0.1) is 18.9 Å². The number of carbonyl (C=O) groups excluding carboxylic acids is 2. The SMILES string of the molecule is CC(=O)O[C@H]1[C@@H](OC(C)=O)COC[C@@H]1P(=O)(c1ccccc1)c1ccccc1. The first-order valence-corrected chi connectivity index (χ1v) is 10.8. The molecule has 2 aromatic carbocycles. The lowest BCUT2D eigenvalue weighted by Gasteiger charge is -2.40. The Hall–Kier alpha value is -2.43. The van der Waals surface area contributed by atoms with E-state index >= 15 is 0 Å². The van der Waals surface area contributed by atoms with E-state index in [1.807, 2.05) is 36.4 Å². The van der Waals surface area contributed by atoms with Crippen molar-refractivity contribution in [1.82, 2.24) is 0 Å². The van der Waals surface area contributed by atoms with E-state index in [0.29, 0.717) is 10.6 Å². The zero-order valence-electron chi connectivity index (χ0n) is 15.8. The minimum absolute atomic E-state index is 0.0810. The molecule has 1 aliphatic heterocycles. The van der Waals surface area contributed by atoms with Gasteiger partial charge in [-0.2, -0.15) is 0 Å². The Morgan fingerprint density at radius 3 is 1.82 bits per heavy atom. The number of ether oxygens (including phenoxy) is 3. The van der Waals surface area contributed by atoms with Gasteiger partial charge < -0.3 is 18.8 Å². The van der Waals surface area contributed by atoms with E-state index in [4.69, 9.17) is 14.2 Å². The summed E-state index contributed by atoms with van der Waals surface area (Å²) in [7, 11) is -3.29. The van der Waals surface area contributed by atoms with Gasteiger partial charge in [-0.05, 0) is 0 Å². The first-order valence-electron chi connectivity index (χ1n) is 9.06. The van der Waals surface area contributed by atoms with Crippen LogP contribution in [-0.2, 0) is 28.4 Å². The summed E-state index contributed by atoms with van der Waals surface area (Å²) in [6, 6.07) is 18.2. The molecule has 6 nitrogen and oxygen atoms in total. The molecular weight excluding hydrogens is 379 g/mol. The molecule has 0 N–H and O–H groups in total. The second-order valence-electron chi connectivity index (χ2n) is 6.66. The second kappa shape index (κ2) is 8.72. The Morgan fingerprint density at radius 2 is 1.36 bits per heavy atom. The van der Waals surface area contributed by atoms with Gasteiger partial charge in [0, 0.05) is 24.5 Å². The fourth-order valence-corrected chi connectivity index (χ4v) is 6.82. The van der Waals surface area contributed by atoms with Crippen LogP contribution in [0.15, 0.2) is 60.7 Å². The molecule has 0 amide bonds. The van der Waals surface area contributed by atoms with Gasteiger partial charge in [0.1, 0.15) is 0 Å². The third-order valence-electron chi connectivity index (χ3n) is 4.68. The molecule has 0 spiro atoms. The summed E-state index contributed by atoms with van der Waals surface area (Å²) in [5.41, 5.74) is -0.681. The van der Waals surface area contributed by atoms with Gasteiger partial charge in [-0.3, -0.25) is 9.59 Å². The molecule has 0 unspecified atom stereocenters. The van der Waals surface area contributed by atoms with E-state index in [0.717, 1.165) is 0 Å². The Kier molecular flexibility index (Phi) is 6.32. The van der Waals surface area contributed by atoms with Crippen LogP contribution in [0.2, 0.25) is 0 Å². The van der Waals surface area contributed by atoms with E-state index in [1.54, 1.807) is 24.3 Å². The molecule has 0 aromatic heterocycles. The van der Waals surface area contributed by atoms with E-state index in [2.05, 4.69) is 0 Å². The largest absolute Gasteiger partial charge is 0.458 e. The minimum Gasteiger partial charge on any atom is -0.458 e. The fourth-order valence-electron chi connectivity index (χ4n) is 3.55. The third-order valence-corrected chi connectivity index (χ3v) is 8.19. The first-order chi connectivity index (χ1) is 13.4. The van der Waals surface area contributed by atoms with E-state index in [1.165, 1.54) is 13.8 Å². The summed E-state index contributed by atoms with van der Waals surface area (Å²) < 4.78 is 31.1. The highest BCUT2D eigenvalue weighted by molar-refractivity contribution is 7.79. The van der Waals surface area contributed by atoms with Crippen LogP contribution >= 0.6 is 7.14 Å². The molecule has 0 saturated carbocycles. The molecule has 148 valence electrons. The molecule has 1 fully saturated rings. The van der Waals surface area contributed by atoms with Crippen molar-refractivity contribution in [2.75, 3.05) is 13.2 Å². The summed E-state index contributed by atoms with van der Waals surface area (Å²) in [4.78, 5) is 23.3. The van der Waals surface area contributed by atoms with Crippen molar-refractivity contribution >= 4 is 29.7 Å². The fraction of sp³-hybridized carbons (Fsp3) is 0.333. The van der Waals surface area contributed by atoms with Gasteiger partial charge in [0.2, 0.25) is 0 Å². The third kappa shape index (κ3) is 4.18. The lowest BCUT2D eigenvalue weighted by Crippen LogP contribution is -2.53. The number of esters is 2. The Balaban J connectivity index is 2.13. The van der Waals surface area contributed by atoms with Crippen LogP contribution in [0.5, 0.6) is 0 Å². The highest BCUT2D eigenvalue weighted by Crippen LogP contribution is 2.52. The molecule has 3 atom stereocenters. The average Bonchev–Trinajstić information content (AvgIpc) is 2.69. The highest BCUT2D eigenvalue weighted by atomic mass is 31.2. The molecule has 1 heterocycles. The normalized spacial score (nSPS) is 22.3. The van der Waals surface area contributed by atoms with Crippen molar-refractivity contribution in [3.05, 3.63) is 60.7 Å². The zero-order chi connectivity index (χ0) is 20.1. The van der Waals surface area contributed by atoms with E-state index in [-0.39, 0.29) is 13.2 Å². The molecule has 0 bridgehead atoms. The minimum atomic E-state index is -3.29. The Morgan fingerprint density at radius 1 is 0.857 bits per heavy atom. The number of hydrogen-bond acceptors (Lipinski definition) is 6. The first kappa shape index (κ1) is 20.3. The van der Waals surface area contributed by atoms with Gasteiger partial charge in [0.15, 0.2) is 19.3 Å². The van der Waals surface area contributed by atoms with Gasteiger partial charge in [-0.15, -0.1) is 0 Å². The van der Waals surface area contributed by atoms with Crippen molar-refractivity contribution in [3.63, 3.8) is 0 Å². The van der Waals surface area contributed by atoms with Crippen molar-refractivity contribution in [2.45, 2.75) is 31.7 Å². The van der Waals surface area contributed by atoms with Crippen molar-refractivity contribution in [3.8, 4) is 0 Å². The highest BCUT2D eigenvalue weighted by Gasteiger charge is 2.49. The lowest BCUT2D eigenvalue weighted by molar-refractivity contribution is -0.178. The number of carbonyl (C=O) groups is 2. The molecule has 2 aromatic rings. The van der Waals surface area contributed by atoms with Crippen LogP contribution in [0.4, 0.5) is 0 Å². The summed E-state index contributed by atoms with van der Waals surface area (Å²) in [6.07, 6.45) is -1.69. The van der Waals surface area contributed by atoms with Crippen molar-refractivity contribution in [2.24, 2.45) is 0 Å². The van der Waals surface area contributed by atoms with Crippen LogP contribution < -0.4 is 10.6 Å². The maximum Gasteiger partial charge on any atom is 0.303 e. The van der Waals surface area contributed by atoms with Crippen LogP contribution in [0.3, 0.4) is 0 Å². The summed E-state index contributed by atoms with van der Waals surface area (Å²) in [6.45, 7) is 2.77. The molecule has 0 aliphatic carbocycles. The molecule has 7 heteroatoms. The standard InChI is InChI=1S/C21H23O6P/c1-15(22)26-19-13-25-14-20(21(19)27-16(2)23)28(24,17-9-5-3-6-10-17)18-11-7-4-8-12-18/h3-12,19-21H,13-14H2,1-2H3/t19-,20-,21-/m0/s1. The number of rotatable bonds is 5. The van der Waals surface area contributed by atoms with E-state index < -0.39 is 36.9 Å². The Labute approximate surface area is 164 Å². The molecule has 0 radical (unpaired) electrons. The van der Waals surface area contributed by atoms with Gasteiger partial charge >= 0.3 is 11.9 Å². The summed E-state index contributed by atoms with van der Waals surface area (Å²) in [5, 5.41) is 1.27. The topological polar surface area (TPSA) is 78.9 Å². The lowest BCUT2D eigenvalue weighted by atomic mass is 10.1. The Bertz CT molecular complexity index is 823. The molecule has 1 aliphatic rings. The molecule has 3 rings (SSSR count). The maximum atomic E-state index is 14.6. The van der Waals surface area contributed by atoms with Gasteiger partial charge in [0.25, 0.3) is 0 Å². The molecular formula is C21H23O6P. The van der Waals surface area contributed by atoms with Gasteiger partial charge in [-0.25, -0.2) is 0 Å². The van der Waals surface area contributed by atoms with Crippen LogP contribution in [0.1, 0.15) is 13.8 Å². The molecule has 28 heavy (non-hydrogen) atoms. The van der Waals surface area contributed by atoms with Crippen molar-refractivity contribution < 1.29 is 28.4 Å². The smallest absolute Gasteiger partial charge is 0.303 e. The van der Waals surface area contributed by atoms with Crippen LogP contribution in [0, 0.1) is 0 Å². The van der Waals surface area contributed by atoms with Crippen LogP contribution in [-0.4, -0.2) is 43.0 Å². The quantitative estimate of drug-likeness (QED) is 0.564. The summed E-state index contributed by atoms with van der Waals surface area (Å²) >= 11 is 0. The molecule has 1 saturated heterocycles. The predicted octanol–water partition coefficient (Wildman–Crippen LogP) is 2.26. The zero-order valence-corrected chi connectivity index (χ0v) is 16.7. The second-order valence-corrected chi connectivity index (χ2v) is 9.67.